The Labute approximate surface area is 188 Å². The molecule has 3 aromatic rings. The second-order valence-corrected chi connectivity index (χ2v) is 8.67. The zero-order valence-electron chi connectivity index (χ0n) is 18.8. The van der Waals surface area contributed by atoms with E-state index in [1.165, 1.54) is 11.1 Å². The first kappa shape index (κ1) is 22.0. The van der Waals surface area contributed by atoms with E-state index in [4.69, 9.17) is 0 Å². The molecule has 0 aliphatic carbocycles. The summed E-state index contributed by atoms with van der Waals surface area (Å²) in [7, 11) is 0. The number of para-hydroxylation sites is 1. The Balaban J connectivity index is 1.23. The largest absolute Gasteiger partial charge is 0.338 e. The highest BCUT2D eigenvalue weighted by atomic mass is 16.2. The van der Waals surface area contributed by atoms with E-state index in [1.807, 2.05) is 23.1 Å². The summed E-state index contributed by atoms with van der Waals surface area (Å²) in [6.45, 7) is 8.39. The van der Waals surface area contributed by atoms with Crippen LogP contribution in [0.25, 0.3) is 10.9 Å². The van der Waals surface area contributed by atoms with Crippen LogP contribution in [0.5, 0.6) is 0 Å². The normalized spacial score (nSPS) is 14.8. The standard InChI is InChI=1S/C25H31N5O2/c1-18(2)20-9-7-19(8-10-20)11-12-26-25(32)30-15-13-29(14-16-30)17-23-27-22-6-4-3-5-21(22)24(31)28-23/h3-10,18H,11-17H2,1-2H3,(H,26,32)(H,27,28,31). The van der Waals surface area contributed by atoms with Gasteiger partial charge in [0.25, 0.3) is 5.56 Å². The first-order valence-corrected chi connectivity index (χ1v) is 11.3. The van der Waals surface area contributed by atoms with Crippen molar-refractivity contribution < 1.29 is 4.79 Å². The maximum atomic E-state index is 12.5. The molecule has 2 N–H and O–H groups in total. The first-order valence-electron chi connectivity index (χ1n) is 11.3. The lowest BCUT2D eigenvalue weighted by Gasteiger charge is -2.34. The summed E-state index contributed by atoms with van der Waals surface area (Å²) < 4.78 is 0. The van der Waals surface area contributed by atoms with E-state index in [9.17, 15) is 9.59 Å². The minimum atomic E-state index is -0.109. The molecule has 0 spiro atoms. The van der Waals surface area contributed by atoms with Gasteiger partial charge in [-0.3, -0.25) is 9.69 Å². The molecule has 1 aliphatic rings. The molecule has 4 rings (SSSR count). The number of benzene rings is 2. The van der Waals surface area contributed by atoms with Crippen molar-refractivity contribution in [3.8, 4) is 0 Å². The summed E-state index contributed by atoms with van der Waals surface area (Å²) >= 11 is 0. The molecule has 0 saturated carbocycles. The van der Waals surface area contributed by atoms with E-state index in [1.54, 1.807) is 6.07 Å². The number of rotatable bonds is 6. The molecule has 1 aromatic heterocycles. The van der Waals surface area contributed by atoms with Gasteiger partial charge >= 0.3 is 6.03 Å². The molecule has 1 fully saturated rings. The Hall–Kier alpha value is -3.19. The summed E-state index contributed by atoms with van der Waals surface area (Å²) in [6, 6.07) is 16.0. The topological polar surface area (TPSA) is 81.3 Å². The quantitative estimate of drug-likeness (QED) is 0.626. The molecule has 0 atom stereocenters. The summed E-state index contributed by atoms with van der Waals surface area (Å²) in [5, 5.41) is 3.64. The van der Waals surface area contributed by atoms with Crippen molar-refractivity contribution in [2.24, 2.45) is 0 Å². The minimum absolute atomic E-state index is 0.0133. The summed E-state index contributed by atoms with van der Waals surface area (Å²) in [6.07, 6.45) is 0.824. The molecular formula is C25H31N5O2. The Kier molecular flexibility index (Phi) is 6.85. The van der Waals surface area contributed by atoms with Crippen molar-refractivity contribution in [3.63, 3.8) is 0 Å². The molecule has 1 aliphatic heterocycles. The predicted octanol–water partition coefficient (Wildman–Crippen LogP) is 3.12. The van der Waals surface area contributed by atoms with Crippen LogP contribution in [-0.2, 0) is 13.0 Å². The van der Waals surface area contributed by atoms with Gasteiger partial charge in [0.1, 0.15) is 5.82 Å². The predicted molar refractivity (Wildman–Crippen MR) is 127 cm³/mol. The Morgan fingerprint density at radius 3 is 2.50 bits per heavy atom. The number of piperazine rings is 1. The van der Waals surface area contributed by atoms with Crippen LogP contribution in [0.2, 0.25) is 0 Å². The second kappa shape index (κ2) is 9.96. The van der Waals surface area contributed by atoms with Crippen molar-refractivity contribution in [1.29, 1.82) is 0 Å². The lowest BCUT2D eigenvalue weighted by Crippen LogP contribution is -2.51. The van der Waals surface area contributed by atoms with Gasteiger partial charge < -0.3 is 15.2 Å². The van der Waals surface area contributed by atoms with Crippen LogP contribution in [0.4, 0.5) is 4.79 Å². The van der Waals surface area contributed by atoms with Crippen molar-refractivity contribution in [1.82, 2.24) is 25.1 Å². The highest BCUT2D eigenvalue weighted by molar-refractivity contribution is 5.77. The SMILES string of the molecule is CC(C)c1ccc(CCNC(=O)N2CCN(Cc3nc4ccccc4c(=O)[nH]3)CC2)cc1. The highest BCUT2D eigenvalue weighted by Gasteiger charge is 2.21. The molecule has 7 nitrogen and oxygen atoms in total. The van der Waals surface area contributed by atoms with Gasteiger partial charge in [-0.2, -0.15) is 0 Å². The monoisotopic (exact) mass is 433 g/mol. The van der Waals surface area contributed by atoms with Gasteiger partial charge in [-0.15, -0.1) is 0 Å². The van der Waals surface area contributed by atoms with Gasteiger partial charge in [-0.1, -0.05) is 50.2 Å². The van der Waals surface area contributed by atoms with Gasteiger partial charge in [0.15, 0.2) is 0 Å². The van der Waals surface area contributed by atoms with Crippen LogP contribution in [-0.4, -0.2) is 58.5 Å². The molecule has 2 heterocycles. The number of carbonyl (C=O) groups is 1. The molecule has 2 aromatic carbocycles. The number of aromatic nitrogens is 2. The Morgan fingerprint density at radius 1 is 1.06 bits per heavy atom. The van der Waals surface area contributed by atoms with Crippen molar-refractivity contribution in [3.05, 3.63) is 75.8 Å². The number of carbonyl (C=O) groups excluding carboxylic acids is 1. The fourth-order valence-electron chi connectivity index (χ4n) is 4.03. The third kappa shape index (κ3) is 5.34. The molecule has 0 unspecified atom stereocenters. The minimum Gasteiger partial charge on any atom is -0.338 e. The lowest BCUT2D eigenvalue weighted by molar-refractivity contribution is 0.133. The second-order valence-electron chi connectivity index (χ2n) is 8.67. The number of amides is 2. The van der Waals surface area contributed by atoms with E-state index in [2.05, 4.69) is 58.3 Å². The van der Waals surface area contributed by atoms with Crippen molar-refractivity contribution >= 4 is 16.9 Å². The number of hydrogen-bond donors (Lipinski definition) is 2. The lowest BCUT2D eigenvalue weighted by atomic mass is 10.0. The van der Waals surface area contributed by atoms with E-state index in [-0.39, 0.29) is 11.6 Å². The third-order valence-corrected chi connectivity index (χ3v) is 6.03. The van der Waals surface area contributed by atoms with Crippen LogP contribution in [0.3, 0.4) is 0 Å². The van der Waals surface area contributed by atoms with Crippen LogP contribution >= 0.6 is 0 Å². The number of nitrogens with zero attached hydrogens (tertiary/aromatic N) is 3. The van der Waals surface area contributed by atoms with Crippen molar-refractivity contribution in [2.75, 3.05) is 32.7 Å². The highest BCUT2D eigenvalue weighted by Crippen LogP contribution is 2.15. The van der Waals surface area contributed by atoms with E-state index < -0.39 is 0 Å². The summed E-state index contributed by atoms with van der Waals surface area (Å²) in [5.74, 6) is 1.19. The average Bonchev–Trinajstić information content (AvgIpc) is 2.80. The Bertz CT molecular complexity index is 1120. The molecule has 0 bridgehead atoms. The fourth-order valence-corrected chi connectivity index (χ4v) is 4.03. The van der Waals surface area contributed by atoms with E-state index >= 15 is 0 Å². The zero-order valence-corrected chi connectivity index (χ0v) is 18.8. The number of nitrogens with one attached hydrogen (secondary N) is 2. The number of hydrogen-bond acceptors (Lipinski definition) is 4. The average molecular weight is 434 g/mol. The van der Waals surface area contributed by atoms with Crippen LogP contribution in [0.15, 0.2) is 53.3 Å². The molecule has 7 heteroatoms. The van der Waals surface area contributed by atoms with Gasteiger partial charge in [0, 0.05) is 32.7 Å². The molecule has 32 heavy (non-hydrogen) atoms. The molecule has 0 radical (unpaired) electrons. The van der Waals surface area contributed by atoms with Gasteiger partial charge in [-0.05, 0) is 35.6 Å². The van der Waals surface area contributed by atoms with Crippen LogP contribution in [0, 0.1) is 0 Å². The summed E-state index contributed by atoms with van der Waals surface area (Å²) in [5.41, 5.74) is 3.17. The number of fused-ring (bicyclic) bond motifs is 1. The molecule has 2 amide bonds. The van der Waals surface area contributed by atoms with E-state index in [0.717, 1.165) is 19.5 Å². The first-order chi connectivity index (χ1) is 15.5. The van der Waals surface area contributed by atoms with Crippen LogP contribution in [0.1, 0.15) is 36.7 Å². The van der Waals surface area contributed by atoms with Crippen LogP contribution < -0.4 is 10.9 Å². The van der Waals surface area contributed by atoms with E-state index in [0.29, 0.717) is 48.8 Å². The maximum Gasteiger partial charge on any atom is 0.317 e. The fraction of sp³-hybridized carbons (Fsp3) is 0.400. The summed E-state index contributed by atoms with van der Waals surface area (Å²) in [4.78, 5) is 36.3. The maximum absolute atomic E-state index is 12.5. The van der Waals surface area contributed by atoms with Gasteiger partial charge in [0.2, 0.25) is 0 Å². The molecular weight excluding hydrogens is 402 g/mol. The molecule has 168 valence electrons. The number of urea groups is 1. The number of H-pyrrole nitrogens is 1. The van der Waals surface area contributed by atoms with Gasteiger partial charge in [0.05, 0.1) is 17.4 Å². The van der Waals surface area contributed by atoms with Crippen molar-refractivity contribution in [2.45, 2.75) is 32.7 Å². The zero-order chi connectivity index (χ0) is 22.5. The Morgan fingerprint density at radius 2 is 1.78 bits per heavy atom. The number of aromatic amines is 1. The smallest absolute Gasteiger partial charge is 0.317 e. The van der Waals surface area contributed by atoms with Gasteiger partial charge in [-0.25, -0.2) is 9.78 Å². The third-order valence-electron chi connectivity index (χ3n) is 6.03. The molecule has 1 saturated heterocycles.